The van der Waals surface area contributed by atoms with Gasteiger partial charge in [-0.05, 0) is 42.3 Å². The molecule has 0 bridgehead atoms. The molecule has 1 atom stereocenters. The lowest BCUT2D eigenvalue weighted by Gasteiger charge is -2.24. The van der Waals surface area contributed by atoms with Gasteiger partial charge in [-0.2, -0.15) is 0 Å². The highest BCUT2D eigenvalue weighted by Crippen LogP contribution is 2.31. The van der Waals surface area contributed by atoms with E-state index in [9.17, 15) is 4.79 Å². The summed E-state index contributed by atoms with van der Waals surface area (Å²) in [6.07, 6.45) is 3.73. The van der Waals surface area contributed by atoms with Crippen LogP contribution in [0.4, 0.5) is 0 Å². The third kappa shape index (κ3) is 3.48. The summed E-state index contributed by atoms with van der Waals surface area (Å²) in [6, 6.07) is 8.18. The molecule has 0 aromatic heterocycles. The van der Waals surface area contributed by atoms with Crippen LogP contribution in [0.15, 0.2) is 29.4 Å². The Balaban J connectivity index is 1.91. The fourth-order valence-electron chi connectivity index (χ4n) is 2.56. The number of nitrogens with zero attached hydrogens (tertiary/aromatic N) is 3. The van der Waals surface area contributed by atoms with E-state index in [2.05, 4.69) is 27.5 Å². The second kappa shape index (κ2) is 6.81. The summed E-state index contributed by atoms with van der Waals surface area (Å²) in [4.78, 5) is 14.9. The molecule has 0 radical (unpaired) electrons. The summed E-state index contributed by atoms with van der Waals surface area (Å²) in [5, 5.41) is 6.38. The van der Waals surface area contributed by atoms with Crippen LogP contribution >= 0.6 is 0 Å². The van der Waals surface area contributed by atoms with Crippen LogP contribution in [0.2, 0.25) is 0 Å². The number of carbonyl (C=O) groups is 1. The van der Waals surface area contributed by atoms with Gasteiger partial charge < -0.3 is 5.32 Å². The van der Waals surface area contributed by atoms with E-state index in [4.69, 9.17) is 5.53 Å². The van der Waals surface area contributed by atoms with Gasteiger partial charge in [0.15, 0.2) is 0 Å². The van der Waals surface area contributed by atoms with Crippen molar-refractivity contribution >= 4 is 5.91 Å². The predicted molar refractivity (Wildman–Crippen MR) is 73.8 cm³/mol. The molecule has 0 heterocycles. The maximum atomic E-state index is 12.2. The van der Waals surface area contributed by atoms with Crippen LogP contribution in [0.1, 0.15) is 36.3 Å². The maximum Gasteiger partial charge on any atom is 0.227 e. The second-order valence-corrected chi connectivity index (χ2v) is 4.74. The summed E-state index contributed by atoms with van der Waals surface area (Å²) in [6.45, 7) is 0.995. The van der Waals surface area contributed by atoms with Crippen LogP contribution in [-0.4, -0.2) is 19.0 Å². The molecule has 2 rings (SSSR count). The first-order valence-corrected chi connectivity index (χ1v) is 6.69. The molecular formula is C14H18N4O. The van der Waals surface area contributed by atoms with Crippen LogP contribution < -0.4 is 5.32 Å². The van der Waals surface area contributed by atoms with Gasteiger partial charge in [0.2, 0.25) is 5.91 Å². The first-order valence-electron chi connectivity index (χ1n) is 6.69. The highest BCUT2D eigenvalue weighted by molar-refractivity contribution is 5.84. The molecule has 5 heteroatoms. The Kier molecular flexibility index (Phi) is 4.81. The number of amides is 1. The van der Waals surface area contributed by atoms with Crippen LogP contribution in [-0.2, 0) is 11.2 Å². The molecule has 19 heavy (non-hydrogen) atoms. The third-order valence-corrected chi connectivity index (χ3v) is 3.48. The van der Waals surface area contributed by atoms with Gasteiger partial charge in [-0.25, -0.2) is 0 Å². The molecule has 5 nitrogen and oxygen atoms in total. The maximum absolute atomic E-state index is 12.2. The summed E-state index contributed by atoms with van der Waals surface area (Å²) >= 11 is 0. The van der Waals surface area contributed by atoms with Crippen molar-refractivity contribution in [2.75, 3.05) is 13.1 Å². The van der Waals surface area contributed by atoms with E-state index in [1.165, 1.54) is 11.1 Å². The number of carbonyl (C=O) groups excluding carboxylic acids is 1. The van der Waals surface area contributed by atoms with Crippen molar-refractivity contribution in [1.29, 1.82) is 0 Å². The Labute approximate surface area is 112 Å². The van der Waals surface area contributed by atoms with E-state index in [-0.39, 0.29) is 11.8 Å². The smallest absolute Gasteiger partial charge is 0.227 e. The van der Waals surface area contributed by atoms with Crippen LogP contribution in [0, 0.1) is 0 Å². The fraction of sp³-hybridized carbons (Fsp3) is 0.500. The van der Waals surface area contributed by atoms with Gasteiger partial charge >= 0.3 is 0 Å². The summed E-state index contributed by atoms with van der Waals surface area (Å²) in [5.74, 6) is 0.0671. The molecule has 0 aliphatic heterocycles. The van der Waals surface area contributed by atoms with Gasteiger partial charge in [-0.15, -0.1) is 0 Å². The summed E-state index contributed by atoms with van der Waals surface area (Å²) in [5.41, 5.74) is 10.6. The third-order valence-electron chi connectivity index (χ3n) is 3.48. The number of azide groups is 1. The molecule has 1 unspecified atom stereocenters. The molecule has 100 valence electrons. The predicted octanol–water partition coefficient (Wildman–Crippen LogP) is 2.92. The number of hydrogen-bond donors (Lipinski definition) is 1. The Bertz CT molecular complexity index is 494. The van der Waals surface area contributed by atoms with Crippen molar-refractivity contribution in [2.24, 2.45) is 5.11 Å². The zero-order valence-corrected chi connectivity index (χ0v) is 10.9. The van der Waals surface area contributed by atoms with Crippen molar-refractivity contribution in [3.8, 4) is 0 Å². The average Bonchev–Trinajstić information content (AvgIpc) is 2.46. The number of nitrogens with one attached hydrogen (secondary N) is 1. The Morgan fingerprint density at radius 3 is 3.16 bits per heavy atom. The number of rotatable bonds is 5. The minimum Gasteiger partial charge on any atom is -0.356 e. The van der Waals surface area contributed by atoms with E-state index in [0.29, 0.717) is 19.5 Å². The summed E-state index contributed by atoms with van der Waals surface area (Å²) in [7, 11) is 0. The lowest BCUT2D eigenvalue weighted by Crippen LogP contribution is -2.32. The largest absolute Gasteiger partial charge is 0.356 e. The number of aryl methyl sites for hydroxylation is 1. The van der Waals surface area contributed by atoms with Crippen molar-refractivity contribution in [3.63, 3.8) is 0 Å². The molecule has 1 aliphatic rings. The van der Waals surface area contributed by atoms with E-state index >= 15 is 0 Å². The fourth-order valence-corrected chi connectivity index (χ4v) is 2.56. The highest BCUT2D eigenvalue weighted by atomic mass is 16.1. The lowest BCUT2D eigenvalue weighted by atomic mass is 9.82. The molecule has 1 aliphatic carbocycles. The molecule has 1 amide bonds. The molecule has 1 aromatic carbocycles. The van der Waals surface area contributed by atoms with Gasteiger partial charge in [-0.1, -0.05) is 29.4 Å². The van der Waals surface area contributed by atoms with E-state index in [1.54, 1.807) is 0 Å². The summed E-state index contributed by atoms with van der Waals surface area (Å²) < 4.78 is 0. The minimum absolute atomic E-state index is 0.0237. The Morgan fingerprint density at radius 1 is 1.47 bits per heavy atom. The lowest BCUT2D eigenvalue weighted by molar-refractivity contribution is -0.122. The quantitative estimate of drug-likeness (QED) is 0.375. The number of fused-ring (bicyclic) bond motifs is 1. The van der Waals surface area contributed by atoms with E-state index in [1.807, 2.05) is 12.1 Å². The highest BCUT2D eigenvalue weighted by Gasteiger charge is 2.25. The van der Waals surface area contributed by atoms with Crippen LogP contribution in [0.25, 0.3) is 10.4 Å². The molecule has 1 aromatic rings. The number of benzene rings is 1. The van der Waals surface area contributed by atoms with Crippen LogP contribution in [0.5, 0.6) is 0 Å². The first kappa shape index (κ1) is 13.4. The number of hydrogen-bond acceptors (Lipinski definition) is 2. The molecule has 0 spiro atoms. The zero-order chi connectivity index (χ0) is 13.5. The molecular weight excluding hydrogens is 240 g/mol. The standard InChI is InChI=1S/C14H18N4O/c15-18-17-10-4-9-16-14(19)13-8-3-6-11-5-1-2-7-12(11)13/h1-2,5,7,13H,3-4,6,8-10H2,(H,16,19). The van der Waals surface area contributed by atoms with Crippen molar-refractivity contribution in [1.82, 2.24) is 5.32 Å². The molecule has 1 N–H and O–H groups in total. The van der Waals surface area contributed by atoms with Gasteiger partial charge in [-0.3, -0.25) is 4.79 Å². The van der Waals surface area contributed by atoms with Crippen molar-refractivity contribution in [2.45, 2.75) is 31.6 Å². The van der Waals surface area contributed by atoms with Gasteiger partial charge in [0.25, 0.3) is 0 Å². The molecule has 0 saturated heterocycles. The normalized spacial score (nSPS) is 17.2. The van der Waals surface area contributed by atoms with E-state index < -0.39 is 0 Å². The second-order valence-electron chi connectivity index (χ2n) is 4.74. The molecule has 0 saturated carbocycles. The monoisotopic (exact) mass is 258 g/mol. The van der Waals surface area contributed by atoms with Gasteiger partial charge in [0.1, 0.15) is 0 Å². The first-order chi connectivity index (χ1) is 9.33. The Hall–Kier alpha value is -2.00. The Morgan fingerprint density at radius 2 is 2.32 bits per heavy atom. The minimum atomic E-state index is -0.0237. The van der Waals surface area contributed by atoms with Gasteiger partial charge in [0, 0.05) is 18.0 Å². The average molecular weight is 258 g/mol. The zero-order valence-electron chi connectivity index (χ0n) is 10.9. The van der Waals surface area contributed by atoms with Crippen molar-refractivity contribution in [3.05, 3.63) is 45.8 Å². The van der Waals surface area contributed by atoms with Crippen molar-refractivity contribution < 1.29 is 4.79 Å². The topological polar surface area (TPSA) is 77.9 Å². The van der Waals surface area contributed by atoms with Gasteiger partial charge in [0.05, 0.1) is 5.92 Å². The SMILES string of the molecule is [N-]=[N+]=NCCCNC(=O)C1CCCc2ccccc21. The molecule has 0 fully saturated rings. The van der Waals surface area contributed by atoms with Crippen LogP contribution in [0.3, 0.4) is 0 Å². The van der Waals surface area contributed by atoms with E-state index in [0.717, 1.165) is 19.3 Å².